The van der Waals surface area contributed by atoms with Crippen LogP contribution in [0.2, 0.25) is 0 Å². The van der Waals surface area contributed by atoms with Crippen LogP contribution < -0.4 is 15.5 Å². The van der Waals surface area contributed by atoms with Crippen molar-refractivity contribution < 1.29 is 9.59 Å². The number of anilines is 2. The molecule has 1 aromatic carbocycles. The lowest BCUT2D eigenvalue weighted by atomic mass is 10.2. The molecule has 1 fully saturated rings. The molecule has 1 saturated heterocycles. The van der Waals surface area contributed by atoms with Gasteiger partial charge in [-0.05, 0) is 18.6 Å². The van der Waals surface area contributed by atoms with Crippen LogP contribution in [0, 0.1) is 0 Å². The normalized spacial score (nSPS) is 14.8. The average molecular weight is 289 g/mol. The Labute approximate surface area is 125 Å². The Hall–Kier alpha value is -1.88. The van der Waals surface area contributed by atoms with Gasteiger partial charge in [0.05, 0.1) is 11.4 Å². The maximum absolute atomic E-state index is 12.0. The van der Waals surface area contributed by atoms with E-state index in [1.807, 2.05) is 38.1 Å². The fourth-order valence-electron chi connectivity index (χ4n) is 2.40. The van der Waals surface area contributed by atoms with Crippen LogP contribution >= 0.6 is 0 Å². The SMILES string of the molecule is CC(C)NCCC(=O)Nc1ccccc1N1CCCC1=O. The number of para-hydroxylation sites is 2. The Bertz CT molecular complexity index is 514. The van der Waals surface area contributed by atoms with Crippen LogP contribution in [0.4, 0.5) is 11.4 Å². The van der Waals surface area contributed by atoms with Gasteiger partial charge in [-0.25, -0.2) is 0 Å². The Balaban J connectivity index is 2.00. The van der Waals surface area contributed by atoms with E-state index in [4.69, 9.17) is 0 Å². The number of rotatable bonds is 6. The monoisotopic (exact) mass is 289 g/mol. The first-order chi connectivity index (χ1) is 10.1. The third-order valence-electron chi connectivity index (χ3n) is 3.45. The van der Waals surface area contributed by atoms with E-state index in [0.717, 1.165) is 18.7 Å². The van der Waals surface area contributed by atoms with E-state index < -0.39 is 0 Å². The van der Waals surface area contributed by atoms with E-state index in [0.29, 0.717) is 31.1 Å². The molecule has 2 amide bonds. The van der Waals surface area contributed by atoms with Crippen molar-refractivity contribution in [2.75, 3.05) is 23.3 Å². The first-order valence-corrected chi connectivity index (χ1v) is 7.50. The summed E-state index contributed by atoms with van der Waals surface area (Å²) < 4.78 is 0. The van der Waals surface area contributed by atoms with Crippen molar-refractivity contribution in [3.05, 3.63) is 24.3 Å². The second-order valence-electron chi connectivity index (χ2n) is 5.57. The number of nitrogens with one attached hydrogen (secondary N) is 2. The van der Waals surface area contributed by atoms with Crippen molar-refractivity contribution in [2.24, 2.45) is 0 Å². The van der Waals surface area contributed by atoms with Crippen LogP contribution in [0.1, 0.15) is 33.1 Å². The van der Waals surface area contributed by atoms with Crippen LogP contribution in [0.15, 0.2) is 24.3 Å². The minimum Gasteiger partial charge on any atom is -0.324 e. The summed E-state index contributed by atoms with van der Waals surface area (Å²) >= 11 is 0. The van der Waals surface area contributed by atoms with Crippen molar-refractivity contribution in [3.8, 4) is 0 Å². The highest BCUT2D eigenvalue weighted by molar-refractivity contribution is 6.02. The zero-order valence-electron chi connectivity index (χ0n) is 12.7. The second-order valence-corrected chi connectivity index (χ2v) is 5.57. The quantitative estimate of drug-likeness (QED) is 0.843. The summed E-state index contributed by atoms with van der Waals surface area (Å²) in [6, 6.07) is 7.84. The smallest absolute Gasteiger partial charge is 0.227 e. The molecule has 114 valence electrons. The van der Waals surface area contributed by atoms with Crippen LogP contribution in [0.25, 0.3) is 0 Å². The number of hydrogen-bond donors (Lipinski definition) is 2. The van der Waals surface area contributed by atoms with Crippen molar-refractivity contribution >= 4 is 23.2 Å². The maximum Gasteiger partial charge on any atom is 0.227 e. The fourth-order valence-corrected chi connectivity index (χ4v) is 2.40. The summed E-state index contributed by atoms with van der Waals surface area (Å²) in [4.78, 5) is 25.6. The summed E-state index contributed by atoms with van der Waals surface area (Å²) in [7, 11) is 0. The fraction of sp³-hybridized carbons (Fsp3) is 0.500. The van der Waals surface area contributed by atoms with Gasteiger partial charge in [-0.3, -0.25) is 9.59 Å². The van der Waals surface area contributed by atoms with Crippen LogP contribution in [0.3, 0.4) is 0 Å². The highest BCUT2D eigenvalue weighted by atomic mass is 16.2. The molecule has 0 saturated carbocycles. The van der Waals surface area contributed by atoms with E-state index in [1.165, 1.54) is 0 Å². The van der Waals surface area contributed by atoms with E-state index in [2.05, 4.69) is 10.6 Å². The molecule has 0 aromatic heterocycles. The molecule has 5 heteroatoms. The predicted octanol–water partition coefficient (Wildman–Crippen LogP) is 2.14. The summed E-state index contributed by atoms with van der Waals surface area (Å²) in [5, 5.41) is 6.12. The third-order valence-corrected chi connectivity index (χ3v) is 3.45. The molecule has 1 heterocycles. The van der Waals surface area contributed by atoms with Gasteiger partial charge < -0.3 is 15.5 Å². The van der Waals surface area contributed by atoms with Crippen molar-refractivity contribution in [3.63, 3.8) is 0 Å². The number of nitrogens with zero attached hydrogens (tertiary/aromatic N) is 1. The van der Waals surface area contributed by atoms with Gasteiger partial charge in [0.25, 0.3) is 0 Å². The number of carbonyl (C=O) groups excluding carboxylic acids is 2. The topological polar surface area (TPSA) is 61.4 Å². The van der Waals surface area contributed by atoms with E-state index in [9.17, 15) is 9.59 Å². The molecule has 1 aromatic rings. The Morgan fingerprint density at radius 1 is 1.33 bits per heavy atom. The zero-order valence-corrected chi connectivity index (χ0v) is 12.7. The summed E-state index contributed by atoms with van der Waals surface area (Å²) in [5.74, 6) is 0.0837. The van der Waals surface area contributed by atoms with Gasteiger partial charge in [0.1, 0.15) is 0 Å². The first kappa shape index (κ1) is 15.5. The molecule has 0 bridgehead atoms. The Kier molecular flexibility index (Phi) is 5.33. The Morgan fingerprint density at radius 2 is 2.10 bits per heavy atom. The molecule has 0 atom stereocenters. The minimum atomic E-state index is -0.0396. The summed E-state index contributed by atoms with van der Waals surface area (Å²) in [6.45, 7) is 5.47. The molecule has 1 aliphatic heterocycles. The number of amides is 2. The van der Waals surface area contributed by atoms with Crippen molar-refractivity contribution in [2.45, 2.75) is 39.2 Å². The number of benzene rings is 1. The highest BCUT2D eigenvalue weighted by Crippen LogP contribution is 2.29. The minimum absolute atomic E-state index is 0.0396. The molecule has 2 rings (SSSR count). The van der Waals surface area contributed by atoms with Gasteiger partial charge in [0.15, 0.2) is 0 Å². The number of carbonyl (C=O) groups is 2. The highest BCUT2D eigenvalue weighted by Gasteiger charge is 2.23. The van der Waals surface area contributed by atoms with E-state index >= 15 is 0 Å². The van der Waals surface area contributed by atoms with Gasteiger partial charge in [0.2, 0.25) is 11.8 Å². The molecule has 0 aliphatic carbocycles. The molecule has 5 nitrogen and oxygen atoms in total. The lowest BCUT2D eigenvalue weighted by Crippen LogP contribution is -2.28. The molecular formula is C16H23N3O2. The van der Waals surface area contributed by atoms with Gasteiger partial charge in [0, 0.05) is 32.0 Å². The first-order valence-electron chi connectivity index (χ1n) is 7.50. The van der Waals surface area contributed by atoms with Gasteiger partial charge in [-0.15, -0.1) is 0 Å². The maximum atomic E-state index is 12.0. The molecule has 0 spiro atoms. The standard InChI is InChI=1S/C16H23N3O2/c1-12(2)17-10-9-15(20)18-13-6-3-4-7-14(13)19-11-5-8-16(19)21/h3-4,6-7,12,17H,5,8-11H2,1-2H3,(H,18,20). The number of hydrogen-bond acceptors (Lipinski definition) is 3. The molecular weight excluding hydrogens is 266 g/mol. The lowest BCUT2D eigenvalue weighted by molar-refractivity contribution is -0.117. The van der Waals surface area contributed by atoms with E-state index in [-0.39, 0.29) is 11.8 Å². The predicted molar refractivity (Wildman–Crippen MR) is 84.4 cm³/mol. The zero-order chi connectivity index (χ0) is 15.2. The largest absolute Gasteiger partial charge is 0.324 e. The lowest BCUT2D eigenvalue weighted by Gasteiger charge is -2.20. The van der Waals surface area contributed by atoms with Crippen LogP contribution in [-0.2, 0) is 9.59 Å². The van der Waals surface area contributed by atoms with Gasteiger partial charge in [-0.1, -0.05) is 26.0 Å². The van der Waals surface area contributed by atoms with Crippen molar-refractivity contribution in [1.82, 2.24) is 5.32 Å². The average Bonchev–Trinajstić information content (AvgIpc) is 2.85. The summed E-state index contributed by atoms with van der Waals surface area (Å²) in [6.07, 6.45) is 1.88. The summed E-state index contributed by atoms with van der Waals surface area (Å²) in [5.41, 5.74) is 1.51. The molecule has 0 radical (unpaired) electrons. The van der Waals surface area contributed by atoms with Crippen LogP contribution in [0.5, 0.6) is 0 Å². The molecule has 0 unspecified atom stereocenters. The molecule has 2 N–H and O–H groups in total. The molecule has 1 aliphatic rings. The van der Waals surface area contributed by atoms with E-state index in [1.54, 1.807) is 4.90 Å². The molecule has 21 heavy (non-hydrogen) atoms. The van der Waals surface area contributed by atoms with Crippen molar-refractivity contribution in [1.29, 1.82) is 0 Å². The van der Waals surface area contributed by atoms with Gasteiger partial charge >= 0.3 is 0 Å². The van der Waals surface area contributed by atoms with Crippen LogP contribution in [-0.4, -0.2) is 30.9 Å². The van der Waals surface area contributed by atoms with Gasteiger partial charge in [-0.2, -0.15) is 0 Å². The third kappa shape index (κ3) is 4.29. The Morgan fingerprint density at radius 3 is 2.76 bits per heavy atom. The second kappa shape index (κ2) is 7.22.